The normalized spacial score (nSPS) is 30.5. The van der Waals surface area contributed by atoms with E-state index in [4.69, 9.17) is 14.2 Å². The molecule has 0 bridgehead atoms. The molecule has 0 aromatic rings. The van der Waals surface area contributed by atoms with Gasteiger partial charge in [0.2, 0.25) is 0 Å². The maximum absolute atomic E-state index is 10.3. The van der Waals surface area contributed by atoms with E-state index in [0.717, 1.165) is 74.4 Å². The van der Waals surface area contributed by atoms with Crippen molar-refractivity contribution in [3.05, 3.63) is 36.0 Å². The van der Waals surface area contributed by atoms with Crippen LogP contribution in [0.25, 0.3) is 0 Å². The molecule has 4 rings (SSSR count). The van der Waals surface area contributed by atoms with Gasteiger partial charge in [0.1, 0.15) is 6.10 Å². The van der Waals surface area contributed by atoms with Crippen molar-refractivity contribution in [2.24, 2.45) is 46.3 Å². The monoisotopic (exact) mass is 767 g/mol. The lowest BCUT2D eigenvalue weighted by molar-refractivity contribution is -0.0658. The average molecular weight is 767 g/mol. The molecule has 3 fully saturated rings. The molecular formula is C51H90O4. The maximum Gasteiger partial charge on any atom is 0.101 e. The summed E-state index contributed by atoms with van der Waals surface area (Å²) in [6.45, 7) is 17.8. The number of fused-ring (bicyclic) bond motifs is 5. The van der Waals surface area contributed by atoms with E-state index in [2.05, 4.69) is 71.9 Å². The van der Waals surface area contributed by atoms with E-state index in [0.29, 0.717) is 36.8 Å². The van der Waals surface area contributed by atoms with Gasteiger partial charge in [0.05, 0.1) is 19.3 Å². The minimum Gasteiger partial charge on any atom is -0.388 e. The van der Waals surface area contributed by atoms with Gasteiger partial charge >= 0.3 is 0 Å². The Labute approximate surface area is 341 Å². The SMILES string of the molecule is CCCCC/C=C\C/C=C\CCCCCCCCOCC(O)COCCCO[C@H]1CC[C@@]2(C)C(=CCC3C4CCC(C(C)CCCC(C)C)[C@@]4(C)CCC32)C1. The van der Waals surface area contributed by atoms with Gasteiger partial charge in [-0.1, -0.05) is 135 Å². The Balaban J connectivity index is 0.986. The molecule has 1 N–H and O–H groups in total. The standard InChI is InChI=1S/C51H90O4/c1-7-8-9-10-11-12-13-14-15-16-17-18-19-20-21-22-35-53-39-44(52)40-54-36-24-37-55-45-31-33-50(5)43(38-45)27-28-46-48-30-29-47(42(4)26-23-25-41(2)3)51(48,6)34-32-49(46)50/h11-12,14-15,27,41-42,44-49,52H,7-10,13,16-26,28-40H2,1-6H3/b12-11-,15-14-/t42?,44?,45-,46?,47?,48?,49?,50-,51+/m0/s1. The van der Waals surface area contributed by atoms with Crippen LogP contribution in [0, 0.1) is 46.3 Å². The molecule has 0 aromatic heterocycles. The molecule has 55 heavy (non-hydrogen) atoms. The zero-order valence-electron chi connectivity index (χ0n) is 37.2. The summed E-state index contributed by atoms with van der Waals surface area (Å²) in [4.78, 5) is 0. The van der Waals surface area contributed by atoms with Crippen LogP contribution in [0.3, 0.4) is 0 Å². The lowest BCUT2D eigenvalue weighted by Crippen LogP contribution is -2.51. The van der Waals surface area contributed by atoms with Crippen molar-refractivity contribution in [2.75, 3.05) is 33.0 Å². The Bertz CT molecular complexity index is 1110. The molecule has 4 nitrogen and oxygen atoms in total. The first-order chi connectivity index (χ1) is 26.7. The second-order valence-electron chi connectivity index (χ2n) is 19.8. The molecular weight excluding hydrogens is 677 g/mol. The van der Waals surface area contributed by atoms with Gasteiger partial charge in [-0.25, -0.2) is 0 Å². The molecule has 4 heteroatoms. The highest BCUT2D eigenvalue weighted by molar-refractivity contribution is 5.25. The fraction of sp³-hybridized carbons (Fsp3) is 0.882. The van der Waals surface area contributed by atoms with Gasteiger partial charge in [-0.05, 0) is 143 Å². The van der Waals surface area contributed by atoms with Crippen molar-refractivity contribution in [2.45, 2.75) is 208 Å². The Hall–Kier alpha value is -0.940. The molecule has 318 valence electrons. The molecule has 0 aliphatic heterocycles. The third kappa shape index (κ3) is 15.0. The van der Waals surface area contributed by atoms with Crippen molar-refractivity contribution in [3.63, 3.8) is 0 Å². The third-order valence-electron chi connectivity index (χ3n) is 15.2. The van der Waals surface area contributed by atoms with Crippen LogP contribution in [0.1, 0.15) is 196 Å². The van der Waals surface area contributed by atoms with Gasteiger partial charge in [0, 0.05) is 19.8 Å². The quantitative estimate of drug-likeness (QED) is 0.0608. The number of aliphatic hydroxyl groups is 1. The summed E-state index contributed by atoms with van der Waals surface area (Å²) in [6, 6.07) is 0. The molecule has 9 atom stereocenters. The number of aliphatic hydroxyl groups excluding tert-OH is 1. The molecule has 0 aromatic carbocycles. The van der Waals surface area contributed by atoms with Gasteiger partial charge in [-0.3, -0.25) is 0 Å². The molecule has 0 saturated heterocycles. The lowest BCUT2D eigenvalue weighted by Gasteiger charge is -2.58. The summed E-state index contributed by atoms with van der Waals surface area (Å²) in [5, 5.41) is 10.3. The largest absolute Gasteiger partial charge is 0.388 e. The summed E-state index contributed by atoms with van der Waals surface area (Å²) >= 11 is 0. The van der Waals surface area contributed by atoms with Gasteiger partial charge < -0.3 is 19.3 Å². The zero-order valence-corrected chi connectivity index (χ0v) is 37.2. The first-order valence-electron chi connectivity index (χ1n) is 24.1. The Morgan fingerprint density at radius 1 is 0.727 bits per heavy atom. The van der Waals surface area contributed by atoms with Crippen LogP contribution in [0.2, 0.25) is 0 Å². The third-order valence-corrected chi connectivity index (χ3v) is 15.2. The van der Waals surface area contributed by atoms with Crippen molar-refractivity contribution in [3.8, 4) is 0 Å². The van der Waals surface area contributed by atoms with E-state index in [1.54, 1.807) is 5.57 Å². The summed E-state index contributed by atoms with van der Waals surface area (Å²) in [5.41, 5.74) is 2.67. The predicted molar refractivity (Wildman–Crippen MR) is 234 cm³/mol. The highest BCUT2D eigenvalue weighted by Crippen LogP contribution is 2.67. The summed E-state index contributed by atoms with van der Waals surface area (Å²) in [6.07, 6.45) is 42.7. The summed E-state index contributed by atoms with van der Waals surface area (Å²) in [7, 11) is 0. The van der Waals surface area contributed by atoms with E-state index in [-0.39, 0.29) is 0 Å². The number of hydrogen-bond donors (Lipinski definition) is 1. The second kappa shape index (κ2) is 25.5. The van der Waals surface area contributed by atoms with Crippen LogP contribution in [0.15, 0.2) is 36.0 Å². The minimum absolute atomic E-state index is 0.346. The molecule has 0 spiro atoms. The molecule has 3 saturated carbocycles. The minimum atomic E-state index is -0.547. The second-order valence-corrected chi connectivity index (χ2v) is 19.8. The van der Waals surface area contributed by atoms with E-state index in [1.165, 1.54) is 128 Å². The highest BCUT2D eigenvalue weighted by Gasteiger charge is 2.59. The number of rotatable bonds is 29. The van der Waals surface area contributed by atoms with Gasteiger partial charge in [-0.2, -0.15) is 0 Å². The number of unbranched alkanes of at least 4 members (excludes halogenated alkanes) is 9. The van der Waals surface area contributed by atoms with Crippen LogP contribution in [-0.2, 0) is 14.2 Å². The number of hydrogen-bond acceptors (Lipinski definition) is 4. The van der Waals surface area contributed by atoms with E-state index in [9.17, 15) is 5.11 Å². The van der Waals surface area contributed by atoms with Crippen LogP contribution in [0.5, 0.6) is 0 Å². The van der Waals surface area contributed by atoms with Gasteiger partial charge in [0.15, 0.2) is 0 Å². The smallest absolute Gasteiger partial charge is 0.101 e. The van der Waals surface area contributed by atoms with Gasteiger partial charge in [-0.15, -0.1) is 0 Å². The molecule has 0 radical (unpaired) electrons. The fourth-order valence-corrected chi connectivity index (χ4v) is 11.9. The molecule has 6 unspecified atom stereocenters. The van der Waals surface area contributed by atoms with Crippen LogP contribution >= 0.6 is 0 Å². The van der Waals surface area contributed by atoms with Gasteiger partial charge in [0.25, 0.3) is 0 Å². The molecule has 4 aliphatic rings. The summed E-state index contributed by atoms with van der Waals surface area (Å²) in [5.74, 6) is 5.35. The number of allylic oxidation sites excluding steroid dienone is 5. The zero-order chi connectivity index (χ0) is 39.4. The average Bonchev–Trinajstić information content (AvgIpc) is 3.53. The molecule has 4 aliphatic carbocycles. The summed E-state index contributed by atoms with van der Waals surface area (Å²) < 4.78 is 18.0. The molecule has 0 amide bonds. The van der Waals surface area contributed by atoms with Crippen molar-refractivity contribution in [1.29, 1.82) is 0 Å². The maximum atomic E-state index is 10.3. The van der Waals surface area contributed by atoms with Crippen molar-refractivity contribution in [1.82, 2.24) is 0 Å². The predicted octanol–water partition coefficient (Wildman–Crippen LogP) is 14.0. The first kappa shape index (κ1) is 46.7. The molecule has 0 heterocycles. The Morgan fingerprint density at radius 3 is 2.15 bits per heavy atom. The topological polar surface area (TPSA) is 47.9 Å². The van der Waals surface area contributed by atoms with Crippen LogP contribution in [-0.4, -0.2) is 50.3 Å². The van der Waals surface area contributed by atoms with Crippen molar-refractivity contribution < 1.29 is 19.3 Å². The Kier molecular flexibility index (Phi) is 21.7. The Morgan fingerprint density at radius 2 is 1.42 bits per heavy atom. The van der Waals surface area contributed by atoms with Crippen molar-refractivity contribution >= 4 is 0 Å². The van der Waals surface area contributed by atoms with Crippen LogP contribution in [0.4, 0.5) is 0 Å². The van der Waals surface area contributed by atoms with Crippen LogP contribution < -0.4 is 0 Å². The van der Waals surface area contributed by atoms with E-state index < -0.39 is 6.10 Å². The first-order valence-corrected chi connectivity index (χ1v) is 24.1. The number of ether oxygens (including phenoxy) is 3. The lowest BCUT2D eigenvalue weighted by atomic mass is 9.47. The van der Waals surface area contributed by atoms with E-state index >= 15 is 0 Å². The van der Waals surface area contributed by atoms with E-state index in [1.807, 2.05) is 0 Å². The highest BCUT2D eigenvalue weighted by atomic mass is 16.5. The fourth-order valence-electron chi connectivity index (χ4n) is 11.9.